The minimum atomic E-state index is -0.230. The van der Waals surface area contributed by atoms with Crippen LogP contribution in [0, 0.1) is 0 Å². The van der Waals surface area contributed by atoms with Crippen molar-refractivity contribution in [3.63, 3.8) is 0 Å². The molecule has 16 heavy (non-hydrogen) atoms. The van der Waals surface area contributed by atoms with Crippen molar-refractivity contribution in [1.29, 1.82) is 0 Å². The van der Waals surface area contributed by atoms with Crippen molar-refractivity contribution >= 4 is 5.91 Å². The summed E-state index contributed by atoms with van der Waals surface area (Å²) in [7, 11) is 0. The van der Waals surface area contributed by atoms with E-state index >= 15 is 0 Å². The molecule has 4 heteroatoms. The van der Waals surface area contributed by atoms with Gasteiger partial charge in [0, 0.05) is 25.7 Å². The molecule has 0 aliphatic carbocycles. The van der Waals surface area contributed by atoms with E-state index in [0.29, 0.717) is 19.1 Å². The Bertz CT molecular complexity index is 257. The van der Waals surface area contributed by atoms with Crippen LogP contribution in [0.2, 0.25) is 0 Å². The highest BCUT2D eigenvalue weighted by atomic mass is 16.3. The predicted molar refractivity (Wildman–Crippen MR) is 62.1 cm³/mol. The maximum atomic E-state index is 12.1. The Morgan fingerprint density at radius 2 is 2.12 bits per heavy atom. The van der Waals surface area contributed by atoms with E-state index in [1.165, 1.54) is 6.42 Å². The molecule has 0 spiro atoms. The van der Waals surface area contributed by atoms with Gasteiger partial charge in [-0.3, -0.25) is 9.69 Å². The number of rotatable bonds is 2. The van der Waals surface area contributed by atoms with Crippen molar-refractivity contribution in [3.05, 3.63) is 0 Å². The Kier molecular flexibility index (Phi) is 3.82. The van der Waals surface area contributed by atoms with Gasteiger partial charge in [-0.25, -0.2) is 0 Å². The molecule has 1 N–H and O–H groups in total. The van der Waals surface area contributed by atoms with E-state index in [4.69, 9.17) is 0 Å². The van der Waals surface area contributed by atoms with Crippen LogP contribution in [-0.4, -0.2) is 59.1 Å². The Balaban J connectivity index is 1.82. The summed E-state index contributed by atoms with van der Waals surface area (Å²) in [6.07, 6.45) is 4.09. The largest absolute Gasteiger partial charge is 0.392 e. The Labute approximate surface area is 97.2 Å². The predicted octanol–water partition coefficient (Wildman–Crippen LogP) is 0.454. The maximum Gasteiger partial charge on any atom is 0.236 e. The van der Waals surface area contributed by atoms with Crippen molar-refractivity contribution in [3.8, 4) is 0 Å². The second-order valence-electron chi connectivity index (χ2n) is 5.11. The molecular weight excluding hydrogens is 204 g/mol. The van der Waals surface area contributed by atoms with Gasteiger partial charge in [0.15, 0.2) is 0 Å². The van der Waals surface area contributed by atoms with Crippen LogP contribution < -0.4 is 0 Å². The summed E-state index contributed by atoms with van der Waals surface area (Å²) in [6.45, 7) is 5.05. The van der Waals surface area contributed by atoms with Crippen LogP contribution in [0.1, 0.15) is 32.6 Å². The highest BCUT2D eigenvalue weighted by molar-refractivity contribution is 5.78. The number of hydrogen-bond donors (Lipinski definition) is 1. The summed E-state index contributed by atoms with van der Waals surface area (Å²) in [5.41, 5.74) is 0. The molecule has 2 aliphatic rings. The van der Waals surface area contributed by atoms with Gasteiger partial charge in [-0.2, -0.15) is 0 Å². The van der Waals surface area contributed by atoms with Gasteiger partial charge in [0.05, 0.1) is 12.6 Å². The zero-order valence-corrected chi connectivity index (χ0v) is 10.1. The molecule has 2 saturated heterocycles. The summed E-state index contributed by atoms with van der Waals surface area (Å²) in [6, 6.07) is 0.397. The Morgan fingerprint density at radius 3 is 2.75 bits per heavy atom. The lowest BCUT2D eigenvalue weighted by Crippen LogP contribution is -2.46. The van der Waals surface area contributed by atoms with Crippen molar-refractivity contribution in [2.75, 3.05) is 26.2 Å². The minimum absolute atomic E-state index is 0.230. The Hall–Kier alpha value is -0.610. The molecule has 0 saturated carbocycles. The lowest BCUT2D eigenvalue weighted by atomic mass is 10.0. The number of aliphatic hydroxyl groups is 1. The third-order valence-corrected chi connectivity index (χ3v) is 3.73. The monoisotopic (exact) mass is 226 g/mol. The van der Waals surface area contributed by atoms with Gasteiger partial charge in [-0.1, -0.05) is 0 Å². The fraction of sp³-hybridized carbons (Fsp3) is 0.917. The average Bonchev–Trinajstić information content (AvgIpc) is 2.64. The fourth-order valence-electron chi connectivity index (χ4n) is 2.71. The van der Waals surface area contributed by atoms with Gasteiger partial charge in [0.25, 0.3) is 0 Å². The Morgan fingerprint density at radius 1 is 1.31 bits per heavy atom. The fourth-order valence-corrected chi connectivity index (χ4v) is 2.71. The SMILES string of the molecule is C[C@H]1CCCCN1C(=O)CN1CC[C@@H](O)C1. The van der Waals surface area contributed by atoms with Crippen molar-refractivity contribution in [2.45, 2.75) is 44.8 Å². The standard InChI is InChI=1S/C12H22N2O2/c1-10-4-2-3-6-14(10)12(16)9-13-7-5-11(15)8-13/h10-11,15H,2-9H2,1H3/t10-,11+/m0/s1. The molecule has 1 amide bonds. The lowest BCUT2D eigenvalue weighted by Gasteiger charge is -2.34. The number of carbonyl (C=O) groups is 1. The normalized spacial score (nSPS) is 32.0. The third-order valence-electron chi connectivity index (χ3n) is 3.73. The summed E-state index contributed by atoms with van der Waals surface area (Å²) in [5.74, 6) is 0.237. The van der Waals surface area contributed by atoms with E-state index < -0.39 is 0 Å². The highest BCUT2D eigenvalue weighted by Crippen LogP contribution is 2.17. The second kappa shape index (κ2) is 5.15. The molecule has 2 fully saturated rings. The number of piperidine rings is 1. The maximum absolute atomic E-state index is 12.1. The quantitative estimate of drug-likeness (QED) is 0.743. The molecule has 4 nitrogen and oxygen atoms in total. The van der Waals surface area contributed by atoms with Crippen molar-refractivity contribution < 1.29 is 9.90 Å². The van der Waals surface area contributed by atoms with Gasteiger partial charge < -0.3 is 10.0 Å². The summed E-state index contributed by atoms with van der Waals surface area (Å²) >= 11 is 0. The number of carbonyl (C=O) groups excluding carboxylic acids is 1. The van der Waals surface area contributed by atoms with E-state index in [9.17, 15) is 9.90 Å². The number of amides is 1. The van der Waals surface area contributed by atoms with E-state index in [1.54, 1.807) is 0 Å². The van der Waals surface area contributed by atoms with Gasteiger partial charge >= 0.3 is 0 Å². The van der Waals surface area contributed by atoms with Crippen LogP contribution in [0.4, 0.5) is 0 Å². The first kappa shape index (κ1) is 11.9. The van der Waals surface area contributed by atoms with E-state index in [2.05, 4.69) is 11.8 Å². The highest BCUT2D eigenvalue weighted by Gasteiger charge is 2.27. The minimum Gasteiger partial charge on any atom is -0.392 e. The second-order valence-corrected chi connectivity index (χ2v) is 5.11. The topological polar surface area (TPSA) is 43.8 Å². The lowest BCUT2D eigenvalue weighted by molar-refractivity contribution is -0.135. The molecule has 2 rings (SSSR count). The van der Waals surface area contributed by atoms with Crippen LogP contribution in [-0.2, 0) is 4.79 Å². The molecule has 0 bridgehead atoms. The smallest absolute Gasteiger partial charge is 0.236 e. The average molecular weight is 226 g/mol. The van der Waals surface area contributed by atoms with E-state index in [1.807, 2.05) is 4.90 Å². The van der Waals surface area contributed by atoms with Gasteiger partial charge in [-0.05, 0) is 32.6 Å². The van der Waals surface area contributed by atoms with Crippen molar-refractivity contribution in [2.24, 2.45) is 0 Å². The first-order valence-corrected chi connectivity index (χ1v) is 6.36. The molecule has 0 radical (unpaired) electrons. The van der Waals surface area contributed by atoms with Crippen LogP contribution in [0.3, 0.4) is 0 Å². The zero-order chi connectivity index (χ0) is 11.5. The summed E-state index contributed by atoms with van der Waals surface area (Å²) < 4.78 is 0. The van der Waals surface area contributed by atoms with Crippen LogP contribution in [0.5, 0.6) is 0 Å². The van der Waals surface area contributed by atoms with Gasteiger partial charge in [0.2, 0.25) is 5.91 Å². The number of aliphatic hydroxyl groups excluding tert-OH is 1. The van der Waals surface area contributed by atoms with Gasteiger partial charge in [-0.15, -0.1) is 0 Å². The number of hydrogen-bond acceptors (Lipinski definition) is 3. The van der Waals surface area contributed by atoms with Crippen LogP contribution >= 0.6 is 0 Å². The summed E-state index contributed by atoms with van der Waals surface area (Å²) in [4.78, 5) is 16.1. The van der Waals surface area contributed by atoms with Gasteiger partial charge in [0.1, 0.15) is 0 Å². The van der Waals surface area contributed by atoms with E-state index in [0.717, 1.165) is 32.4 Å². The molecule has 0 aromatic carbocycles. The third kappa shape index (κ3) is 2.74. The van der Waals surface area contributed by atoms with Crippen molar-refractivity contribution in [1.82, 2.24) is 9.80 Å². The van der Waals surface area contributed by atoms with Crippen LogP contribution in [0.15, 0.2) is 0 Å². The zero-order valence-electron chi connectivity index (χ0n) is 10.1. The molecule has 92 valence electrons. The first-order chi connectivity index (χ1) is 7.66. The summed E-state index contributed by atoms with van der Waals surface area (Å²) in [5, 5.41) is 9.41. The molecule has 2 atom stereocenters. The molecular formula is C12H22N2O2. The first-order valence-electron chi connectivity index (χ1n) is 6.36. The molecule has 2 heterocycles. The number of nitrogens with zero attached hydrogens (tertiary/aromatic N) is 2. The molecule has 0 aromatic rings. The number of β-amino-alcohol motifs (C(OH)–C–C–N with tert-alkyl or cyclic N) is 1. The molecule has 2 aliphatic heterocycles. The van der Waals surface area contributed by atoms with Crippen LogP contribution in [0.25, 0.3) is 0 Å². The van der Waals surface area contributed by atoms with E-state index in [-0.39, 0.29) is 12.0 Å². The molecule has 0 unspecified atom stereocenters. The molecule has 0 aromatic heterocycles. The number of likely N-dealkylation sites (tertiary alicyclic amines) is 2.